The third kappa shape index (κ3) is 3.78. The fraction of sp³-hybridized carbons (Fsp3) is 0.235. The second-order valence-electron chi connectivity index (χ2n) is 5.90. The second kappa shape index (κ2) is 7.58. The first-order chi connectivity index (χ1) is 12.1. The Kier molecular flexibility index (Phi) is 5.25. The second-order valence-corrected chi connectivity index (χ2v) is 6.30. The molecular formula is C17H19ClFN6+. The van der Waals surface area contributed by atoms with Gasteiger partial charge in [-0.3, -0.25) is 0 Å². The van der Waals surface area contributed by atoms with E-state index in [1.807, 2.05) is 44.4 Å². The van der Waals surface area contributed by atoms with E-state index in [1.165, 1.54) is 6.07 Å². The maximum absolute atomic E-state index is 14.3. The third-order valence-corrected chi connectivity index (χ3v) is 4.31. The molecule has 0 aliphatic carbocycles. The standard InChI is InChI=1S/C17H18ClFN6/c1-24(2)15(16-13(18)9-6-10-14(16)19)11-20-17-21-22-23-25(17)12-7-4-3-5-8-12/h3-10,15H,11H2,1-2H3,(H,20,21,23)/p+1/t15-/m1/s1. The van der Waals surface area contributed by atoms with Crippen LogP contribution in [-0.2, 0) is 0 Å². The summed E-state index contributed by atoms with van der Waals surface area (Å²) in [4.78, 5) is 1.04. The summed E-state index contributed by atoms with van der Waals surface area (Å²) >= 11 is 6.23. The minimum atomic E-state index is -0.317. The first kappa shape index (κ1) is 17.3. The molecule has 0 bridgehead atoms. The van der Waals surface area contributed by atoms with E-state index in [4.69, 9.17) is 11.6 Å². The molecule has 2 aromatic carbocycles. The molecule has 0 saturated heterocycles. The summed E-state index contributed by atoms with van der Waals surface area (Å²) in [6.07, 6.45) is 0. The Morgan fingerprint density at radius 2 is 1.92 bits per heavy atom. The number of aromatic nitrogens is 4. The van der Waals surface area contributed by atoms with E-state index in [0.717, 1.165) is 10.6 Å². The summed E-state index contributed by atoms with van der Waals surface area (Å²) in [5, 5.41) is 15.4. The van der Waals surface area contributed by atoms with Gasteiger partial charge in [-0.05, 0) is 34.7 Å². The minimum Gasteiger partial charge on any atom is -0.346 e. The maximum atomic E-state index is 14.3. The minimum absolute atomic E-state index is 0.199. The van der Waals surface area contributed by atoms with E-state index in [1.54, 1.807) is 16.8 Å². The zero-order chi connectivity index (χ0) is 17.8. The molecule has 0 amide bonds. The van der Waals surface area contributed by atoms with E-state index in [9.17, 15) is 4.39 Å². The van der Waals surface area contributed by atoms with E-state index >= 15 is 0 Å². The van der Waals surface area contributed by atoms with Crippen LogP contribution in [0.1, 0.15) is 11.6 Å². The van der Waals surface area contributed by atoms with Crippen LogP contribution < -0.4 is 10.2 Å². The van der Waals surface area contributed by atoms with Crippen LogP contribution >= 0.6 is 11.6 Å². The molecule has 0 spiro atoms. The molecule has 0 radical (unpaired) electrons. The lowest BCUT2D eigenvalue weighted by Gasteiger charge is -2.23. The van der Waals surface area contributed by atoms with Gasteiger partial charge in [0.1, 0.15) is 11.9 Å². The quantitative estimate of drug-likeness (QED) is 0.702. The molecule has 130 valence electrons. The van der Waals surface area contributed by atoms with Gasteiger partial charge in [0, 0.05) is 0 Å². The smallest absolute Gasteiger partial charge is 0.247 e. The van der Waals surface area contributed by atoms with Gasteiger partial charge >= 0.3 is 0 Å². The van der Waals surface area contributed by atoms with Crippen LogP contribution in [0.15, 0.2) is 48.5 Å². The van der Waals surface area contributed by atoms with Gasteiger partial charge in [0.2, 0.25) is 5.95 Å². The first-order valence-corrected chi connectivity index (χ1v) is 8.27. The van der Waals surface area contributed by atoms with Crippen LogP contribution in [0.4, 0.5) is 10.3 Å². The van der Waals surface area contributed by atoms with E-state index in [-0.39, 0.29) is 11.9 Å². The number of rotatable bonds is 6. The highest BCUT2D eigenvalue weighted by molar-refractivity contribution is 6.31. The first-order valence-electron chi connectivity index (χ1n) is 7.89. The van der Waals surface area contributed by atoms with Crippen LogP contribution in [0.5, 0.6) is 0 Å². The topological polar surface area (TPSA) is 60.1 Å². The van der Waals surface area contributed by atoms with Gasteiger partial charge in [-0.25, -0.2) is 4.39 Å². The Labute approximate surface area is 150 Å². The molecular weight excluding hydrogens is 343 g/mol. The maximum Gasteiger partial charge on any atom is 0.247 e. The summed E-state index contributed by atoms with van der Waals surface area (Å²) in [5.74, 6) is 0.174. The Morgan fingerprint density at radius 3 is 2.60 bits per heavy atom. The molecule has 0 unspecified atom stereocenters. The van der Waals surface area contributed by atoms with E-state index < -0.39 is 0 Å². The normalized spacial score (nSPS) is 12.4. The number of para-hydroxylation sites is 1. The highest BCUT2D eigenvalue weighted by Gasteiger charge is 2.25. The molecule has 1 heterocycles. The molecule has 0 saturated carbocycles. The van der Waals surface area contributed by atoms with Crippen molar-refractivity contribution in [1.82, 2.24) is 20.2 Å². The Balaban J connectivity index is 1.84. The summed E-state index contributed by atoms with van der Waals surface area (Å²) in [7, 11) is 3.91. The summed E-state index contributed by atoms with van der Waals surface area (Å²) in [6.45, 7) is 0.427. The Morgan fingerprint density at radius 1 is 1.16 bits per heavy atom. The van der Waals surface area contributed by atoms with Gasteiger partial charge in [0.15, 0.2) is 0 Å². The predicted molar refractivity (Wildman–Crippen MR) is 94.6 cm³/mol. The lowest BCUT2D eigenvalue weighted by Crippen LogP contribution is -3.06. The number of nitrogens with one attached hydrogen (secondary N) is 2. The largest absolute Gasteiger partial charge is 0.346 e. The number of likely N-dealkylation sites (N-methyl/N-ethyl adjacent to an activating group) is 1. The molecule has 6 nitrogen and oxygen atoms in total. The van der Waals surface area contributed by atoms with Crippen molar-refractivity contribution >= 4 is 17.5 Å². The van der Waals surface area contributed by atoms with Gasteiger partial charge in [0.25, 0.3) is 0 Å². The van der Waals surface area contributed by atoms with Crippen LogP contribution in [0.25, 0.3) is 5.69 Å². The fourth-order valence-corrected chi connectivity index (χ4v) is 2.97. The Hall–Kier alpha value is -2.51. The zero-order valence-electron chi connectivity index (χ0n) is 13.9. The van der Waals surface area contributed by atoms with Crippen molar-refractivity contribution in [3.05, 3.63) is 64.9 Å². The summed E-state index contributed by atoms with van der Waals surface area (Å²) in [5.41, 5.74) is 1.32. The SMILES string of the molecule is C[NH+](C)[C@H](CNc1nnnn1-c1ccccc1)c1c(F)cccc1Cl. The molecule has 3 rings (SSSR count). The van der Waals surface area contributed by atoms with Gasteiger partial charge < -0.3 is 10.2 Å². The molecule has 1 aromatic heterocycles. The van der Waals surface area contributed by atoms with Crippen LogP contribution in [0.3, 0.4) is 0 Å². The van der Waals surface area contributed by atoms with Gasteiger partial charge in [-0.1, -0.05) is 41.0 Å². The van der Waals surface area contributed by atoms with Crippen molar-refractivity contribution in [2.24, 2.45) is 0 Å². The average Bonchev–Trinajstić information content (AvgIpc) is 3.06. The van der Waals surface area contributed by atoms with Crippen molar-refractivity contribution in [3.8, 4) is 5.69 Å². The molecule has 2 N–H and O–H groups in total. The summed E-state index contributed by atoms with van der Waals surface area (Å²) in [6, 6.07) is 14.1. The monoisotopic (exact) mass is 361 g/mol. The molecule has 0 aliphatic rings. The number of nitrogens with zero attached hydrogens (tertiary/aromatic N) is 4. The van der Waals surface area contributed by atoms with Crippen molar-refractivity contribution in [2.75, 3.05) is 26.0 Å². The van der Waals surface area contributed by atoms with Crippen molar-refractivity contribution in [3.63, 3.8) is 0 Å². The number of halogens is 2. The van der Waals surface area contributed by atoms with Crippen LogP contribution in [0, 0.1) is 5.82 Å². The van der Waals surface area contributed by atoms with Gasteiger partial charge in [-0.15, -0.1) is 0 Å². The molecule has 0 fully saturated rings. The van der Waals surface area contributed by atoms with Gasteiger partial charge in [0.05, 0.1) is 36.9 Å². The lowest BCUT2D eigenvalue weighted by atomic mass is 10.1. The average molecular weight is 362 g/mol. The van der Waals surface area contributed by atoms with E-state index in [2.05, 4.69) is 20.8 Å². The van der Waals surface area contributed by atoms with Crippen LogP contribution in [-0.4, -0.2) is 40.8 Å². The number of hydrogen-bond acceptors (Lipinski definition) is 4. The molecule has 3 aromatic rings. The number of tetrazole rings is 1. The van der Waals surface area contributed by atoms with E-state index in [0.29, 0.717) is 23.1 Å². The number of hydrogen-bond donors (Lipinski definition) is 2. The number of quaternary nitrogens is 1. The van der Waals surface area contributed by atoms with Crippen molar-refractivity contribution in [1.29, 1.82) is 0 Å². The summed E-state index contributed by atoms with van der Waals surface area (Å²) < 4.78 is 15.9. The number of anilines is 1. The third-order valence-electron chi connectivity index (χ3n) is 3.98. The molecule has 0 aliphatic heterocycles. The van der Waals surface area contributed by atoms with Gasteiger partial charge in [-0.2, -0.15) is 4.68 Å². The lowest BCUT2D eigenvalue weighted by molar-refractivity contribution is -0.890. The highest BCUT2D eigenvalue weighted by Crippen LogP contribution is 2.24. The van der Waals surface area contributed by atoms with Crippen molar-refractivity contribution < 1.29 is 9.29 Å². The van der Waals surface area contributed by atoms with Crippen LogP contribution in [0.2, 0.25) is 5.02 Å². The highest BCUT2D eigenvalue weighted by atomic mass is 35.5. The fourth-order valence-electron chi connectivity index (χ4n) is 2.67. The zero-order valence-corrected chi connectivity index (χ0v) is 14.7. The Bertz CT molecular complexity index is 816. The molecule has 8 heteroatoms. The molecule has 1 atom stereocenters. The number of benzene rings is 2. The molecule has 25 heavy (non-hydrogen) atoms. The predicted octanol–water partition coefficient (Wildman–Crippen LogP) is 1.75. The van der Waals surface area contributed by atoms with Crippen molar-refractivity contribution in [2.45, 2.75) is 6.04 Å².